The molecule has 3 aromatic carbocycles. The normalized spacial score (nSPS) is 20.6. The summed E-state index contributed by atoms with van der Waals surface area (Å²) in [5, 5.41) is 0.0759. The molecule has 0 radical (unpaired) electrons. The largest absolute Gasteiger partial charge is 0.497 e. The molecule has 3 aliphatic rings. The Bertz CT molecular complexity index is 2620. The lowest BCUT2D eigenvalue weighted by molar-refractivity contribution is -0.137. The van der Waals surface area contributed by atoms with Gasteiger partial charge in [-0.3, -0.25) is 9.88 Å². The molecule has 5 heterocycles. The molecule has 4 atom stereocenters. The summed E-state index contributed by atoms with van der Waals surface area (Å²) in [5.74, 6) is -1.01. The highest BCUT2D eigenvalue weighted by atomic mass is 19.4. The number of nitrogens with zero attached hydrogens (tertiary/aromatic N) is 7. The van der Waals surface area contributed by atoms with Gasteiger partial charge < -0.3 is 33.6 Å². The maximum Gasteiger partial charge on any atom is 0.417 e. The Morgan fingerprint density at radius 2 is 1.57 bits per heavy atom. The number of fused-ring (bicyclic) bond motifs is 2. The van der Waals surface area contributed by atoms with Crippen molar-refractivity contribution in [2.75, 3.05) is 56.8 Å². The van der Waals surface area contributed by atoms with E-state index in [-0.39, 0.29) is 67.1 Å². The van der Waals surface area contributed by atoms with E-state index in [9.17, 15) is 9.18 Å². The van der Waals surface area contributed by atoms with Crippen LogP contribution in [0.3, 0.4) is 0 Å². The molecule has 8 rings (SSSR count). The van der Waals surface area contributed by atoms with Crippen LogP contribution in [0.5, 0.6) is 17.5 Å². The molecule has 12 nitrogen and oxygen atoms in total. The van der Waals surface area contributed by atoms with E-state index in [2.05, 4.69) is 9.97 Å². The Labute approximate surface area is 398 Å². The third kappa shape index (κ3) is 10.0. The van der Waals surface area contributed by atoms with Crippen LogP contribution in [-0.2, 0) is 24.0 Å². The Balaban J connectivity index is 1.27. The van der Waals surface area contributed by atoms with Gasteiger partial charge in [0.05, 0.1) is 48.5 Å². The van der Waals surface area contributed by atoms with Gasteiger partial charge in [0.25, 0.3) is 0 Å². The number of methoxy groups -OCH3 is 2. The number of carbonyl (C=O) groups excluding carboxylic acids is 1. The van der Waals surface area contributed by atoms with Gasteiger partial charge in [0, 0.05) is 50.9 Å². The molecule has 370 valence electrons. The second-order valence-electron chi connectivity index (χ2n) is 19.2. The number of pyridine rings is 1. The standard InChI is InChI=1S/C51H59F6N7O5/c1-9-63(39-19-22-64(31(39)3)48(65)69-49(4,5)6)46-38-25-58-44(43(54)45(38)59-47(60-46)68-29-50-20-10-21-62(50)28-34(52)24-50)37-23-40(42(53)30(2)41(37)51(55,56)57)61(26-32-11-15-35(66-7)16-12-32)27-33-13-17-36(67-8)18-14-33/h11-18,23,25,31,34,39H,9-10,19-22,24,26-29H2,1-8H3/t31-,34-,39-,50+/m1/s1. The molecule has 18 heteroatoms. The second kappa shape index (κ2) is 19.4. The molecule has 2 aromatic heterocycles. The van der Waals surface area contributed by atoms with Crippen molar-refractivity contribution in [3.05, 3.63) is 94.7 Å². The molecule has 0 aliphatic carbocycles. The number of ether oxygens (including phenoxy) is 4. The zero-order valence-electron chi connectivity index (χ0n) is 40.2. The maximum absolute atomic E-state index is 17.8. The van der Waals surface area contributed by atoms with Crippen LogP contribution in [0, 0.1) is 18.6 Å². The van der Waals surface area contributed by atoms with E-state index in [1.54, 1.807) is 79.1 Å². The molecule has 69 heavy (non-hydrogen) atoms. The van der Waals surface area contributed by atoms with E-state index in [4.69, 9.17) is 23.9 Å². The van der Waals surface area contributed by atoms with Crippen molar-refractivity contribution >= 4 is 28.5 Å². The van der Waals surface area contributed by atoms with E-state index in [1.807, 2.05) is 23.6 Å². The van der Waals surface area contributed by atoms with Crippen molar-refractivity contribution in [2.24, 2.45) is 0 Å². The first kappa shape index (κ1) is 49.4. The summed E-state index contributed by atoms with van der Waals surface area (Å²) in [5.41, 5.74) is -4.14. The minimum atomic E-state index is -5.15. The number of halogens is 6. The summed E-state index contributed by atoms with van der Waals surface area (Å²) < 4.78 is 118. The third-order valence-corrected chi connectivity index (χ3v) is 13.7. The molecule has 3 aliphatic heterocycles. The molecule has 0 bridgehead atoms. The number of hydrogen-bond donors (Lipinski definition) is 0. The van der Waals surface area contributed by atoms with Crippen molar-refractivity contribution in [1.82, 2.24) is 24.8 Å². The molecular formula is C51H59F6N7O5. The summed E-state index contributed by atoms with van der Waals surface area (Å²) in [6.45, 7) is 11.8. The van der Waals surface area contributed by atoms with Crippen LogP contribution in [-0.4, -0.2) is 107 Å². The maximum atomic E-state index is 17.8. The predicted octanol–water partition coefficient (Wildman–Crippen LogP) is 10.7. The highest BCUT2D eigenvalue weighted by Crippen LogP contribution is 2.46. The molecule has 3 saturated heterocycles. The number of hydrogen-bond acceptors (Lipinski definition) is 11. The van der Waals surface area contributed by atoms with Crippen LogP contribution in [0.4, 0.5) is 42.6 Å². The minimum absolute atomic E-state index is 0.00668. The summed E-state index contributed by atoms with van der Waals surface area (Å²) >= 11 is 0. The number of rotatable bonds is 14. The lowest BCUT2D eigenvalue weighted by atomic mass is 9.95. The molecular weight excluding hydrogens is 905 g/mol. The smallest absolute Gasteiger partial charge is 0.417 e. The van der Waals surface area contributed by atoms with E-state index in [0.29, 0.717) is 55.1 Å². The molecule has 1 amide bonds. The molecule has 5 aromatic rings. The number of alkyl halides is 4. The highest BCUT2D eigenvalue weighted by Gasteiger charge is 2.50. The SMILES string of the molecule is CCN(c1nc(OC[C@@]23CCCN2C[C@H](F)C3)nc2c(F)c(-c3cc(N(Cc4ccc(OC)cc4)Cc4ccc(OC)cc4)c(F)c(C)c3C(F)(F)F)ncc12)[C@@H]1CCN(C(=O)OC(C)(C)C)[C@@H]1C. The lowest BCUT2D eigenvalue weighted by Gasteiger charge is -2.35. The van der Waals surface area contributed by atoms with Crippen LogP contribution >= 0.6 is 0 Å². The summed E-state index contributed by atoms with van der Waals surface area (Å²) in [6, 6.07) is 13.9. The topological polar surface area (TPSA) is 106 Å². The highest BCUT2D eigenvalue weighted by molar-refractivity contribution is 5.93. The number of likely N-dealkylation sites (N-methyl/N-ethyl adjacent to an activating group) is 1. The Morgan fingerprint density at radius 3 is 2.14 bits per heavy atom. The summed E-state index contributed by atoms with van der Waals surface area (Å²) in [7, 11) is 3.04. The van der Waals surface area contributed by atoms with Crippen LogP contribution in [0.2, 0.25) is 0 Å². The van der Waals surface area contributed by atoms with Gasteiger partial charge in [-0.2, -0.15) is 23.1 Å². The minimum Gasteiger partial charge on any atom is -0.497 e. The number of carbonyl (C=O) groups is 1. The zero-order valence-corrected chi connectivity index (χ0v) is 40.2. The Hall–Kier alpha value is -6.04. The summed E-state index contributed by atoms with van der Waals surface area (Å²) in [4.78, 5) is 34.2. The number of aromatic nitrogens is 3. The van der Waals surface area contributed by atoms with Gasteiger partial charge in [0.2, 0.25) is 0 Å². The Morgan fingerprint density at radius 1 is 0.928 bits per heavy atom. The fourth-order valence-electron chi connectivity index (χ4n) is 10.3. The van der Waals surface area contributed by atoms with Gasteiger partial charge >= 0.3 is 18.3 Å². The van der Waals surface area contributed by atoms with Crippen molar-refractivity contribution in [1.29, 1.82) is 0 Å². The first-order valence-corrected chi connectivity index (χ1v) is 23.3. The van der Waals surface area contributed by atoms with Gasteiger partial charge in [0.15, 0.2) is 5.82 Å². The average Bonchev–Trinajstić information content (AvgIpc) is 3.97. The predicted molar refractivity (Wildman–Crippen MR) is 251 cm³/mol. The zero-order chi connectivity index (χ0) is 49.6. The van der Waals surface area contributed by atoms with Gasteiger partial charge in [-0.25, -0.2) is 18.0 Å². The second-order valence-corrected chi connectivity index (χ2v) is 19.2. The van der Waals surface area contributed by atoms with Crippen LogP contribution < -0.4 is 24.0 Å². The fraction of sp³-hybridized carbons (Fsp3) is 0.490. The van der Waals surface area contributed by atoms with Crippen LogP contribution in [0.1, 0.15) is 82.6 Å². The average molecular weight is 964 g/mol. The van der Waals surface area contributed by atoms with Crippen molar-refractivity contribution in [3.63, 3.8) is 0 Å². The van der Waals surface area contributed by atoms with E-state index < -0.39 is 69.6 Å². The molecule has 0 unspecified atom stereocenters. The van der Waals surface area contributed by atoms with Crippen molar-refractivity contribution in [2.45, 2.75) is 116 Å². The number of benzene rings is 3. The number of anilines is 2. The van der Waals surface area contributed by atoms with Gasteiger partial charge in [-0.05, 0) is 114 Å². The number of amides is 1. The van der Waals surface area contributed by atoms with Gasteiger partial charge in [-0.15, -0.1) is 0 Å². The van der Waals surface area contributed by atoms with E-state index >= 15 is 22.0 Å². The van der Waals surface area contributed by atoms with Crippen molar-refractivity contribution < 1.29 is 50.1 Å². The molecule has 0 saturated carbocycles. The molecule has 3 fully saturated rings. The lowest BCUT2D eigenvalue weighted by Crippen LogP contribution is -2.47. The monoisotopic (exact) mass is 963 g/mol. The van der Waals surface area contributed by atoms with Gasteiger partial charge in [0.1, 0.15) is 52.7 Å². The fourth-order valence-corrected chi connectivity index (χ4v) is 10.3. The Kier molecular flexibility index (Phi) is 13.9. The van der Waals surface area contributed by atoms with E-state index in [1.165, 1.54) is 20.4 Å². The van der Waals surface area contributed by atoms with Gasteiger partial charge in [-0.1, -0.05) is 24.3 Å². The van der Waals surface area contributed by atoms with E-state index in [0.717, 1.165) is 19.4 Å². The van der Waals surface area contributed by atoms with Crippen LogP contribution in [0.25, 0.3) is 22.2 Å². The number of likely N-dealkylation sites (tertiary alicyclic amines) is 1. The third-order valence-electron chi connectivity index (χ3n) is 13.7. The quantitative estimate of drug-likeness (QED) is 0.0994. The van der Waals surface area contributed by atoms with Crippen molar-refractivity contribution in [3.8, 4) is 28.8 Å². The summed E-state index contributed by atoms with van der Waals surface area (Å²) in [6.07, 6.45) is -3.26. The first-order valence-electron chi connectivity index (χ1n) is 23.3. The van der Waals surface area contributed by atoms with Crippen LogP contribution in [0.15, 0.2) is 60.8 Å². The molecule has 0 N–H and O–H groups in total. The molecule has 0 spiro atoms. The first-order chi connectivity index (χ1) is 32.7.